The number of nitrogens with one attached hydrogen (secondary N) is 1. The number of methoxy groups -OCH3 is 1. The van der Waals surface area contributed by atoms with Crippen LogP contribution in [-0.2, 0) is 0 Å². The molecule has 8 heteroatoms. The number of aryl methyl sites for hydroxylation is 2. The zero-order valence-electron chi connectivity index (χ0n) is 17.2. The summed E-state index contributed by atoms with van der Waals surface area (Å²) >= 11 is 6.16. The van der Waals surface area contributed by atoms with Crippen molar-refractivity contribution >= 4 is 23.2 Å². The number of carbonyl (C=O) groups is 1. The number of amides is 1. The molecule has 7 nitrogen and oxygen atoms in total. The summed E-state index contributed by atoms with van der Waals surface area (Å²) in [4.78, 5) is 19.3. The van der Waals surface area contributed by atoms with Crippen LogP contribution >= 0.6 is 11.6 Å². The number of hydrogen-bond donors (Lipinski definition) is 1. The van der Waals surface area contributed by atoms with E-state index in [4.69, 9.17) is 16.3 Å². The molecular weight excluding hydrogens is 402 g/mol. The van der Waals surface area contributed by atoms with Crippen molar-refractivity contribution in [1.82, 2.24) is 20.1 Å². The Morgan fingerprint density at radius 3 is 2.73 bits per heavy atom. The second-order valence-corrected chi connectivity index (χ2v) is 7.90. The van der Waals surface area contributed by atoms with Gasteiger partial charge in [-0.25, -0.2) is 9.67 Å². The van der Waals surface area contributed by atoms with Crippen molar-refractivity contribution in [1.29, 1.82) is 0 Å². The van der Waals surface area contributed by atoms with Gasteiger partial charge < -0.3 is 15.0 Å². The average Bonchev–Trinajstić information content (AvgIpc) is 3.33. The smallest absolute Gasteiger partial charge is 0.253 e. The number of nitrogens with zero attached hydrogens (tertiary/aromatic N) is 4. The number of ether oxygens (including phenoxy) is 1. The van der Waals surface area contributed by atoms with Crippen molar-refractivity contribution < 1.29 is 9.53 Å². The Hall–Kier alpha value is -3.06. The van der Waals surface area contributed by atoms with Gasteiger partial charge in [-0.15, -0.1) is 0 Å². The van der Waals surface area contributed by atoms with Gasteiger partial charge in [0.25, 0.3) is 5.91 Å². The van der Waals surface area contributed by atoms with E-state index in [0.29, 0.717) is 22.9 Å². The number of rotatable bonds is 5. The Bertz CT molecular complexity index is 1060. The lowest BCUT2D eigenvalue weighted by molar-refractivity contribution is 0.0940. The molecular formula is C22H24ClN5O2. The van der Waals surface area contributed by atoms with Crippen LogP contribution in [0.2, 0.25) is 5.02 Å². The van der Waals surface area contributed by atoms with Gasteiger partial charge in [0.2, 0.25) is 0 Å². The second kappa shape index (κ2) is 8.36. The number of benzene rings is 1. The molecule has 0 aliphatic carbocycles. The molecule has 0 saturated carbocycles. The molecule has 3 heterocycles. The van der Waals surface area contributed by atoms with Gasteiger partial charge in [0, 0.05) is 36.0 Å². The van der Waals surface area contributed by atoms with E-state index in [2.05, 4.69) is 20.3 Å². The van der Waals surface area contributed by atoms with E-state index in [1.165, 1.54) is 0 Å². The first-order chi connectivity index (χ1) is 14.4. The average molecular weight is 426 g/mol. The summed E-state index contributed by atoms with van der Waals surface area (Å²) < 4.78 is 7.22. The summed E-state index contributed by atoms with van der Waals surface area (Å²) in [5.74, 6) is 1.33. The van der Waals surface area contributed by atoms with Crippen LogP contribution in [0.25, 0.3) is 5.82 Å². The Labute approximate surface area is 180 Å². The van der Waals surface area contributed by atoms with Crippen LogP contribution in [0.5, 0.6) is 5.75 Å². The first-order valence-electron chi connectivity index (χ1n) is 9.83. The minimum atomic E-state index is -0.132. The van der Waals surface area contributed by atoms with Crippen LogP contribution in [0, 0.1) is 13.8 Å². The van der Waals surface area contributed by atoms with Crippen molar-refractivity contribution in [3.05, 3.63) is 64.6 Å². The third-order valence-electron chi connectivity index (χ3n) is 5.24. The predicted molar refractivity (Wildman–Crippen MR) is 117 cm³/mol. The highest BCUT2D eigenvalue weighted by Crippen LogP contribution is 2.33. The number of pyridine rings is 1. The lowest BCUT2D eigenvalue weighted by Gasteiger charge is -2.21. The third kappa shape index (κ3) is 4.11. The highest BCUT2D eigenvalue weighted by molar-refractivity contribution is 6.30. The van der Waals surface area contributed by atoms with Crippen LogP contribution in [0.3, 0.4) is 0 Å². The van der Waals surface area contributed by atoms with Crippen molar-refractivity contribution in [3.63, 3.8) is 0 Å². The van der Waals surface area contributed by atoms with Crippen molar-refractivity contribution in [3.8, 4) is 11.6 Å². The molecule has 1 aliphatic heterocycles. The second-order valence-electron chi connectivity index (χ2n) is 7.47. The molecule has 1 fully saturated rings. The molecule has 1 aliphatic rings. The van der Waals surface area contributed by atoms with E-state index in [1.807, 2.05) is 44.2 Å². The van der Waals surface area contributed by atoms with E-state index < -0.39 is 0 Å². The Morgan fingerprint density at radius 2 is 2.07 bits per heavy atom. The maximum Gasteiger partial charge on any atom is 0.253 e. The molecule has 1 unspecified atom stereocenters. The summed E-state index contributed by atoms with van der Waals surface area (Å²) in [6.45, 7) is 5.43. The lowest BCUT2D eigenvalue weighted by atomic mass is 10.2. The predicted octanol–water partition coefficient (Wildman–Crippen LogP) is 3.55. The topological polar surface area (TPSA) is 72.3 Å². The van der Waals surface area contributed by atoms with Gasteiger partial charge in [0.05, 0.1) is 24.1 Å². The SMILES string of the molecule is COc1ccc(Cl)cc1N1CCC(NC(=O)c2ccc(-n3nc(C)cc3C)nc2)C1. The largest absolute Gasteiger partial charge is 0.495 e. The number of anilines is 1. The molecule has 3 aromatic rings. The number of aromatic nitrogens is 3. The van der Waals surface area contributed by atoms with Crippen molar-refractivity contribution in [2.45, 2.75) is 26.3 Å². The molecule has 1 saturated heterocycles. The molecule has 156 valence electrons. The molecule has 30 heavy (non-hydrogen) atoms. The van der Waals surface area contributed by atoms with E-state index >= 15 is 0 Å². The van der Waals surface area contributed by atoms with Gasteiger partial charge in [-0.05, 0) is 56.7 Å². The molecule has 1 aromatic carbocycles. The summed E-state index contributed by atoms with van der Waals surface area (Å²) in [6.07, 6.45) is 2.44. The zero-order valence-corrected chi connectivity index (χ0v) is 18.0. The first kappa shape index (κ1) is 20.2. The Balaban J connectivity index is 1.41. The van der Waals surface area contributed by atoms with Gasteiger partial charge in [-0.2, -0.15) is 5.10 Å². The van der Waals surface area contributed by atoms with Gasteiger partial charge in [0.15, 0.2) is 5.82 Å². The van der Waals surface area contributed by atoms with Crippen LogP contribution in [-0.4, -0.2) is 46.9 Å². The highest BCUT2D eigenvalue weighted by Gasteiger charge is 2.26. The monoisotopic (exact) mass is 425 g/mol. The van der Waals surface area contributed by atoms with Crippen molar-refractivity contribution in [2.75, 3.05) is 25.1 Å². The molecule has 0 radical (unpaired) electrons. The van der Waals surface area contributed by atoms with Crippen LogP contribution < -0.4 is 15.0 Å². The molecule has 0 bridgehead atoms. The fourth-order valence-corrected chi connectivity index (χ4v) is 3.95. The van der Waals surface area contributed by atoms with E-state index in [-0.39, 0.29) is 11.9 Å². The minimum absolute atomic E-state index is 0.0388. The fourth-order valence-electron chi connectivity index (χ4n) is 3.78. The third-order valence-corrected chi connectivity index (χ3v) is 5.48. The van der Waals surface area contributed by atoms with Crippen molar-refractivity contribution in [2.24, 2.45) is 0 Å². The maximum absolute atomic E-state index is 12.7. The van der Waals surface area contributed by atoms with E-state index in [9.17, 15) is 4.79 Å². The summed E-state index contributed by atoms with van der Waals surface area (Å²) in [6, 6.07) is 11.2. The quantitative estimate of drug-likeness (QED) is 0.676. The molecule has 4 rings (SSSR count). The van der Waals surface area contributed by atoms with Gasteiger partial charge >= 0.3 is 0 Å². The highest BCUT2D eigenvalue weighted by atomic mass is 35.5. The molecule has 2 aromatic heterocycles. The normalized spacial score (nSPS) is 16.0. The lowest BCUT2D eigenvalue weighted by Crippen LogP contribution is -2.37. The van der Waals surface area contributed by atoms with Gasteiger partial charge in [-0.3, -0.25) is 4.79 Å². The van der Waals surface area contributed by atoms with Crippen LogP contribution in [0.4, 0.5) is 5.69 Å². The van der Waals surface area contributed by atoms with E-state index in [1.54, 1.807) is 24.1 Å². The number of halogens is 1. The van der Waals surface area contributed by atoms with Crippen LogP contribution in [0.15, 0.2) is 42.6 Å². The summed E-state index contributed by atoms with van der Waals surface area (Å²) in [5, 5.41) is 8.19. The molecule has 1 N–H and O–H groups in total. The Morgan fingerprint density at radius 1 is 1.23 bits per heavy atom. The Kier molecular flexibility index (Phi) is 5.63. The van der Waals surface area contributed by atoms with Gasteiger partial charge in [0.1, 0.15) is 5.75 Å². The van der Waals surface area contributed by atoms with E-state index in [0.717, 1.165) is 35.8 Å². The van der Waals surface area contributed by atoms with Crippen LogP contribution in [0.1, 0.15) is 28.2 Å². The first-order valence-corrected chi connectivity index (χ1v) is 10.2. The fraction of sp³-hybridized carbons (Fsp3) is 0.318. The summed E-state index contributed by atoms with van der Waals surface area (Å²) in [7, 11) is 1.64. The summed E-state index contributed by atoms with van der Waals surface area (Å²) in [5.41, 5.74) is 3.40. The molecule has 1 atom stereocenters. The number of carbonyl (C=O) groups excluding carboxylic acids is 1. The van der Waals surface area contributed by atoms with Gasteiger partial charge in [-0.1, -0.05) is 11.6 Å². The molecule has 0 spiro atoms. The molecule has 1 amide bonds. The standard InChI is InChI=1S/C22H24ClN5O2/c1-14-10-15(2)28(26-14)21-7-4-16(12-24-21)22(29)25-18-8-9-27(13-18)19-11-17(23)5-6-20(19)30-3/h4-7,10-12,18H,8-9,13H2,1-3H3,(H,25,29). The maximum atomic E-state index is 12.7. The number of hydrogen-bond acceptors (Lipinski definition) is 5. The zero-order chi connectivity index (χ0) is 21.3. The minimum Gasteiger partial charge on any atom is -0.495 e.